The largest absolute Gasteiger partial charge is 0.493 e. The zero-order valence-corrected chi connectivity index (χ0v) is 12.3. The first kappa shape index (κ1) is 15.3. The molecular weight excluding hydrogens is 246 g/mol. The molecule has 0 aliphatic heterocycles. The van der Waals surface area contributed by atoms with E-state index in [2.05, 4.69) is 20.8 Å². The maximum absolute atomic E-state index is 6.04. The van der Waals surface area contributed by atoms with Crippen molar-refractivity contribution in [1.82, 2.24) is 0 Å². The number of ether oxygens (including phenoxy) is 1. The Balaban J connectivity index is 2.76. The summed E-state index contributed by atoms with van der Waals surface area (Å²) < 4.78 is 5.88. The van der Waals surface area contributed by atoms with Gasteiger partial charge in [-0.3, -0.25) is 0 Å². The number of halogens is 1. The Morgan fingerprint density at radius 2 is 2.00 bits per heavy atom. The molecular formula is C15H24ClNO. The van der Waals surface area contributed by atoms with Gasteiger partial charge in [0, 0.05) is 11.1 Å². The summed E-state index contributed by atoms with van der Waals surface area (Å²) in [5, 5.41) is 0.740. The van der Waals surface area contributed by atoms with Crippen LogP contribution in [0.2, 0.25) is 5.02 Å². The van der Waals surface area contributed by atoms with Gasteiger partial charge in [0.15, 0.2) is 0 Å². The van der Waals surface area contributed by atoms with Crippen LogP contribution in [0.4, 0.5) is 0 Å². The topological polar surface area (TPSA) is 35.2 Å². The molecule has 102 valence electrons. The van der Waals surface area contributed by atoms with E-state index < -0.39 is 0 Å². The zero-order chi connectivity index (χ0) is 13.5. The summed E-state index contributed by atoms with van der Waals surface area (Å²) in [5.41, 5.74) is 7.12. The molecule has 2 unspecified atom stereocenters. The number of hydrogen-bond acceptors (Lipinski definition) is 2. The average molecular weight is 270 g/mol. The van der Waals surface area contributed by atoms with Crippen LogP contribution in [0.1, 0.15) is 39.2 Å². The molecule has 0 fully saturated rings. The predicted molar refractivity (Wildman–Crippen MR) is 78.4 cm³/mol. The molecule has 0 spiro atoms. The second kappa shape index (κ2) is 7.65. The normalized spacial score (nSPS) is 14.3. The minimum absolute atomic E-state index is 0.161. The lowest BCUT2D eigenvalue weighted by Gasteiger charge is -2.16. The van der Waals surface area contributed by atoms with E-state index in [4.69, 9.17) is 22.1 Å². The Morgan fingerprint density at radius 1 is 1.28 bits per heavy atom. The quantitative estimate of drug-likeness (QED) is 0.811. The molecule has 1 aromatic rings. The maximum atomic E-state index is 6.04. The predicted octanol–water partition coefficient (Wildman–Crippen LogP) is 4.04. The molecule has 1 aromatic carbocycles. The molecule has 1 rings (SSSR count). The van der Waals surface area contributed by atoms with Gasteiger partial charge in [0.25, 0.3) is 0 Å². The van der Waals surface area contributed by atoms with Crippen molar-refractivity contribution in [1.29, 1.82) is 0 Å². The van der Waals surface area contributed by atoms with Crippen LogP contribution in [0.15, 0.2) is 18.2 Å². The molecule has 0 radical (unpaired) electrons. The van der Waals surface area contributed by atoms with Crippen LogP contribution < -0.4 is 10.5 Å². The molecule has 0 saturated carbocycles. The van der Waals surface area contributed by atoms with Crippen molar-refractivity contribution in [2.24, 2.45) is 11.7 Å². The molecule has 0 saturated heterocycles. The molecule has 0 heterocycles. The first-order chi connectivity index (χ1) is 8.56. The Hall–Kier alpha value is -0.730. The van der Waals surface area contributed by atoms with Gasteiger partial charge in [0.2, 0.25) is 0 Å². The third-order valence-corrected chi connectivity index (χ3v) is 3.48. The average Bonchev–Trinajstić information content (AvgIpc) is 2.37. The Bertz CT molecular complexity index is 368. The van der Waals surface area contributed by atoms with Crippen molar-refractivity contribution in [2.45, 2.75) is 46.1 Å². The van der Waals surface area contributed by atoms with Gasteiger partial charge in [-0.05, 0) is 42.5 Å². The highest BCUT2D eigenvalue weighted by Gasteiger charge is 2.10. The van der Waals surface area contributed by atoms with Crippen LogP contribution >= 0.6 is 11.6 Å². The van der Waals surface area contributed by atoms with Crippen molar-refractivity contribution >= 4 is 11.6 Å². The number of nitrogens with two attached hydrogens (primary N) is 1. The molecule has 0 aromatic heterocycles. The lowest BCUT2D eigenvalue weighted by atomic mass is 10.0. The van der Waals surface area contributed by atoms with Crippen molar-refractivity contribution in [3.63, 3.8) is 0 Å². The summed E-state index contributed by atoms with van der Waals surface area (Å²) in [6, 6.07) is 5.94. The monoisotopic (exact) mass is 269 g/mol. The molecule has 0 amide bonds. The molecule has 18 heavy (non-hydrogen) atoms. The zero-order valence-electron chi connectivity index (χ0n) is 11.6. The molecule has 3 heteroatoms. The van der Waals surface area contributed by atoms with Crippen molar-refractivity contribution in [2.75, 3.05) is 6.61 Å². The highest BCUT2D eigenvalue weighted by molar-refractivity contribution is 6.30. The van der Waals surface area contributed by atoms with Crippen LogP contribution in [0.5, 0.6) is 5.75 Å². The van der Waals surface area contributed by atoms with Gasteiger partial charge >= 0.3 is 0 Å². The number of hydrogen-bond donors (Lipinski definition) is 1. The smallest absolute Gasteiger partial charge is 0.122 e. The first-order valence-corrected chi connectivity index (χ1v) is 7.11. The molecule has 0 aliphatic rings. The summed E-state index contributed by atoms with van der Waals surface area (Å²) in [5.74, 6) is 1.48. The van der Waals surface area contributed by atoms with Crippen LogP contribution in [0, 0.1) is 5.92 Å². The second-order valence-electron chi connectivity index (χ2n) is 4.95. The van der Waals surface area contributed by atoms with Crippen molar-refractivity contribution in [3.05, 3.63) is 28.8 Å². The summed E-state index contributed by atoms with van der Waals surface area (Å²) in [6.07, 6.45) is 2.89. The van der Waals surface area contributed by atoms with Gasteiger partial charge in [-0.25, -0.2) is 0 Å². The molecule has 2 nitrogen and oxygen atoms in total. The lowest BCUT2D eigenvalue weighted by molar-refractivity contribution is 0.254. The van der Waals surface area contributed by atoms with Gasteiger partial charge in [-0.2, -0.15) is 0 Å². The van der Waals surface area contributed by atoms with E-state index in [9.17, 15) is 0 Å². The highest BCUT2D eigenvalue weighted by Crippen LogP contribution is 2.25. The highest BCUT2D eigenvalue weighted by atomic mass is 35.5. The van der Waals surface area contributed by atoms with Crippen LogP contribution in [0.3, 0.4) is 0 Å². The summed E-state index contributed by atoms with van der Waals surface area (Å²) in [6.45, 7) is 7.19. The summed E-state index contributed by atoms with van der Waals surface area (Å²) in [7, 11) is 0. The molecule has 0 aliphatic carbocycles. The van der Waals surface area contributed by atoms with Gasteiger partial charge in [0.1, 0.15) is 5.75 Å². The SMILES string of the molecule is CCC(C)COc1ccc(Cl)cc1CC(N)CC. The molecule has 0 bridgehead atoms. The van der Waals surface area contributed by atoms with E-state index in [1.54, 1.807) is 0 Å². The first-order valence-electron chi connectivity index (χ1n) is 6.73. The van der Waals surface area contributed by atoms with E-state index in [0.29, 0.717) is 5.92 Å². The van der Waals surface area contributed by atoms with Gasteiger partial charge < -0.3 is 10.5 Å². The van der Waals surface area contributed by atoms with E-state index in [1.807, 2.05) is 18.2 Å². The van der Waals surface area contributed by atoms with Gasteiger partial charge in [0.05, 0.1) is 6.61 Å². The minimum Gasteiger partial charge on any atom is -0.493 e. The fraction of sp³-hybridized carbons (Fsp3) is 0.600. The standard InChI is InChI=1S/C15H24ClNO/c1-4-11(3)10-18-15-7-6-13(16)8-12(15)9-14(17)5-2/h6-8,11,14H,4-5,9-10,17H2,1-3H3. The third kappa shape index (κ3) is 4.87. The van der Waals surface area contributed by atoms with E-state index in [1.165, 1.54) is 0 Å². The third-order valence-electron chi connectivity index (χ3n) is 3.25. The fourth-order valence-corrected chi connectivity index (χ4v) is 1.82. The molecule has 2 atom stereocenters. The van der Waals surface area contributed by atoms with Crippen molar-refractivity contribution in [3.8, 4) is 5.75 Å². The fourth-order valence-electron chi connectivity index (χ4n) is 1.63. The second-order valence-corrected chi connectivity index (χ2v) is 5.39. The van der Waals surface area contributed by atoms with Crippen LogP contribution in [-0.4, -0.2) is 12.6 Å². The maximum Gasteiger partial charge on any atom is 0.122 e. The number of benzene rings is 1. The number of rotatable bonds is 7. The summed E-state index contributed by atoms with van der Waals surface area (Å²) in [4.78, 5) is 0. The summed E-state index contributed by atoms with van der Waals surface area (Å²) >= 11 is 6.04. The van der Waals surface area contributed by atoms with E-state index in [-0.39, 0.29) is 6.04 Å². The van der Waals surface area contributed by atoms with Crippen molar-refractivity contribution < 1.29 is 4.74 Å². The van der Waals surface area contributed by atoms with E-state index >= 15 is 0 Å². The van der Waals surface area contributed by atoms with Gasteiger partial charge in [-0.1, -0.05) is 38.8 Å². The Morgan fingerprint density at radius 3 is 2.61 bits per heavy atom. The lowest BCUT2D eigenvalue weighted by Crippen LogP contribution is -2.22. The Labute approximate surface area is 115 Å². The minimum atomic E-state index is 0.161. The van der Waals surface area contributed by atoms with E-state index in [0.717, 1.165) is 42.2 Å². The van der Waals surface area contributed by atoms with Crippen LogP contribution in [0.25, 0.3) is 0 Å². The van der Waals surface area contributed by atoms with Crippen LogP contribution in [-0.2, 0) is 6.42 Å². The van der Waals surface area contributed by atoms with Gasteiger partial charge in [-0.15, -0.1) is 0 Å². The Kier molecular flexibility index (Phi) is 6.51. The molecule has 2 N–H and O–H groups in total.